The Morgan fingerprint density at radius 3 is 2.79 bits per heavy atom. The standard InChI is InChI=1S/C10H14FNO2/c1-2-13-5-6-14-8-3-4-10(12)9(11)7-8/h3-4,7H,2,5-6,12H2,1H3. The van der Waals surface area contributed by atoms with Gasteiger partial charge >= 0.3 is 0 Å². The number of rotatable bonds is 5. The zero-order valence-electron chi connectivity index (χ0n) is 8.13. The number of ether oxygens (including phenoxy) is 2. The molecule has 0 amide bonds. The van der Waals surface area contributed by atoms with Crippen molar-refractivity contribution < 1.29 is 13.9 Å². The summed E-state index contributed by atoms with van der Waals surface area (Å²) in [5.74, 6) is 0.00955. The van der Waals surface area contributed by atoms with Crippen molar-refractivity contribution in [2.45, 2.75) is 6.92 Å². The van der Waals surface area contributed by atoms with E-state index in [1.54, 1.807) is 6.07 Å². The van der Waals surface area contributed by atoms with Crippen LogP contribution in [0.5, 0.6) is 5.75 Å². The molecule has 0 saturated carbocycles. The zero-order chi connectivity index (χ0) is 10.4. The summed E-state index contributed by atoms with van der Waals surface area (Å²) in [7, 11) is 0. The van der Waals surface area contributed by atoms with Gasteiger partial charge in [0.25, 0.3) is 0 Å². The molecule has 1 aromatic carbocycles. The summed E-state index contributed by atoms with van der Waals surface area (Å²) >= 11 is 0. The van der Waals surface area contributed by atoms with Gasteiger partial charge < -0.3 is 15.2 Å². The zero-order valence-corrected chi connectivity index (χ0v) is 8.13. The van der Waals surface area contributed by atoms with Crippen molar-refractivity contribution in [3.8, 4) is 5.75 Å². The van der Waals surface area contributed by atoms with Crippen LogP contribution in [-0.4, -0.2) is 19.8 Å². The topological polar surface area (TPSA) is 44.5 Å². The normalized spacial score (nSPS) is 10.1. The Kier molecular flexibility index (Phi) is 4.19. The molecular formula is C10H14FNO2. The van der Waals surface area contributed by atoms with Gasteiger partial charge in [0, 0.05) is 12.7 Å². The molecule has 1 rings (SSSR count). The maximum atomic E-state index is 12.9. The van der Waals surface area contributed by atoms with E-state index in [-0.39, 0.29) is 5.69 Å². The van der Waals surface area contributed by atoms with Crippen LogP contribution in [0.3, 0.4) is 0 Å². The number of nitrogens with two attached hydrogens (primary N) is 1. The van der Waals surface area contributed by atoms with Crippen LogP contribution in [0.15, 0.2) is 18.2 Å². The smallest absolute Gasteiger partial charge is 0.149 e. The van der Waals surface area contributed by atoms with Gasteiger partial charge in [-0.2, -0.15) is 0 Å². The van der Waals surface area contributed by atoms with Gasteiger partial charge in [-0.25, -0.2) is 4.39 Å². The fourth-order valence-electron chi connectivity index (χ4n) is 0.960. The summed E-state index contributed by atoms with van der Waals surface area (Å²) in [5.41, 5.74) is 5.44. The van der Waals surface area contributed by atoms with Crippen molar-refractivity contribution in [2.24, 2.45) is 0 Å². The SMILES string of the molecule is CCOCCOc1ccc(N)c(F)c1. The van der Waals surface area contributed by atoms with Crippen molar-refractivity contribution >= 4 is 5.69 Å². The first-order chi connectivity index (χ1) is 6.74. The summed E-state index contributed by atoms with van der Waals surface area (Å²) in [6.45, 7) is 3.47. The minimum Gasteiger partial charge on any atom is -0.491 e. The lowest BCUT2D eigenvalue weighted by Gasteiger charge is -2.06. The Balaban J connectivity index is 2.39. The minimum atomic E-state index is -0.459. The summed E-state index contributed by atoms with van der Waals surface area (Å²) in [5, 5.41) is 0. The molecule has 0 radical (unpaired) electrons. The lowest BCUT2D eigenvalue weighted by Crippen LogP contribution is -2.06. The van der Waals surface area contributed by atoms with Crippen LogP contribution >= 0.6 is 0 Å². The van der Waals surface area contributed by atoms with Crippen molar-refractivity contribution in [3.05, 3.63) is 24.0 Å². The lowest BCUT2D eigenvalue weighted by molar-refractivity contribution is 0.110. The van der Waals surface area contributed by atoms with Crippen LogP contribution < -0.4 is 10.5 Å². The molecule has 0 heterocycles. The molecule has 0 atom stereocenters. The molecule has 0 aliphatic carbocycles. The number of hydrogen-bond donors (Lipinski definition) is 1. The van der Waals surface area contributed by atoms with E-state index in [0.29, 0.717) is 25.6 Å². The van der Waals surface area contributed by atoms with E-state index < -0.39 is 5.82 Å². The van der Waals surface area contributed by atoms with E-state index in [1.165, 1.54) is 12.1 Å². The first-order valence-electron chi connectivity index (χ1n) is 4.49. The number of halogens is 1. The van der Waals surface area contributed by atoms with E-state index in [1.807, 2.05) is 6.92 Å². The van der Waals surface area contributed by atoms with Gasteiger partial charge in [-0.05, 0) is 19.1 Å². The second-order valence-electron chi connectivity index (χ2n) is 2.73. The molecule has 1 aromatic rings. The molecule has 0 saturated heterocycles. The van der Waals surface area contributed by atoms with Gasteiger partial charge in [-0.3, -0.25) is 0 Å². The molecule has 78 valence electrons. The molecule has 0 aromatic heterocycles. The van der Waals surface area contributed by atoms with Crippen LogP contribution in [0.4, 0.5) is 10.1 Å². The van der Waals surface area contributed by atoms with E-state index in [9.17, 15) is 4.39 Å². The summed E-state index contributed by atoms with van der Waals surface area (Å²) < 4.78 is 23.2. The number of anilines is 1. The van der Waals surface area contributed by atoms with Crippen LogP contribution in [0, 0.1) is 5.82 Å². The van der Waals surface area contributed by atoms with Gasteiger partial charge in [-0.15, -0.1) is 0 Å². The molecule has 0 unspecified atom stereocenters. The monoisotopic (exact) mass is 199 g/mol. The maximum absolute atomic E-state index is 12.9. The van der Waals surface area contributed by atoms with Gasteiger partial charge in [-0.1, -0.05) is 0 Å². The first-order valence-corrected chi connectivity index (χ1v) is 4.49. The number of benzene rings is 1. The van der Waals surface area contributed by atoms with E-state index >= 15 is 0 Å². The predicted octanol–water partition coefficient (Wildman–Crippen LogP) is 1.82. The van der Waals surface area contributed by atoms with E-state index in [4.69, 9.17) is 15.2 Å². The molecule has 2 N–H and O–H groups in total. The highest BCUT2D eigenvalue weighted by molar-refractivity contribution is 5.43. The summed E-state index contributed by atoms with van der Waals surface area (Å²) in [4.78, 5) is 0. The van der Waals surface area contributed by atoms with Crippen molar-refractivity contribution in [1.29, 1.82) is 0 Å². The predicted molar refractivity (Wildman–Crippen MR) is 52.8 cm³/mol. The first kappa shape index (κ1) is 10.8. The Labute approximate surface area is 82.6 Å². The number of hydrogen-bond acceptors (Lipinski definition) is 3. The van der Waals surface area contributed by atoms with E-state index in [0.717, 1.165) is 0 Å². The molecule has 0 aliphatic rings. The maximum Gasteiger partial charge on any atom is 0.149 e. The van der Waals surface area contributed by atoms with Crippen LogP contribution in [-0.2, 0) is 4.74 Å². The Morgan fingerprint density at radius 1 is 1.36 bits per heavy atom. The third kappa shape index (κ3) is 3.22. The Morgan fingerprint density at radius 2 is 2.14 bits per heavy atom. The third-order valence-corrected chi connectivity index (χ3v) is 1.67. The molecule has 0 fully saturated rings. The minimum absolute atomic E-state index is 0.127. The average Bonchev–Trinajstić information content (AvgIpc) is 2.18. The largest absolute Gasteiger partial charge is 0.491 e. The summed E-state index contributed by atoms with van der Waals surface area (Å²) in [6, 6.07) is 4.37. The second-order valence-corrected chi connectivity index (χ2v) is 2.73. The van der Waals surface area contributed by atoms with Gasteiger partial charge in [0.05, 0.1) is 12.3 Å². The average molecular weight is 199 g/mol. The highest BCUT2D eigenvalue weighted by Crippen LogP contribution is 2.17. The highest BCUT2D eigenvalue weighted by atomic mass is 19.1. The summed E-state index contributed by atoms with van der Waals surface area (Å²) in [6.07, 6.45) is 0. The van der Waals surface area contributed by atoms with Crippen molar-refractivity contribution in [1.82, 2.24) is 0 Å². The fourth-order valence-corrected chi connectivity index (χ4v) is 0.960. The molecule has 0 aliphatic heterocycles. The Hall–Kier alpha value is -1.29. The molecule has 14 heavy (non-hydrogen) atoms. The Bertz CT molecular complexity index is 291. The van der Waals surface area contributed by atoms with Crippen LogP contribution in [0.2, 0.25) is 0 Å². The van der Waals surface area contributed by atoms with Crippen molar-refractivity contribution in [3.63, 3.8) is 0 Å². The fraction of sp³-hybridized carbons (Fsp3) is 0.400. The third-order valence-electron chi connectivity index (χ3n) is 1.67. The van der Waals surface area contributed by atoms with Gasteiger partial charge in [0.1, 0.15) is 18.2 Å². The van der Waals surface area contributed by atoms with Crippen molar-refractivity contribution in [2.75, 3.05) is 25.6 Å². The highest BCUT2D eigenvalue weighted by Gasteiger charge is 2.00. The van der Waals surface area contributed by atoms with Crippen LogP contribution in [0.1, 0.15) is 6.92 Å². The lowest BCUT2D eigenvalue weighted by atomic mass is 10.3. The van der Waals surface area contributed by atoms with Gasteiger partial charge in [0.15, 0.2) is 0 Å². The quantitative estimate of drug-likeness (QED) is 0.581. The molecule has 0 bridgehead atoms. The molecule has 3 nitrogen and oxygen atoms in total. The number of nitrogen functional groups attached to an aromatic ring is 1. The molecule has 4 heteroatoms. The molecular weight excluding hydrogens is 185 g/mol. The molecule has 0 spiro atoms. The second kappa shape index (κ2) is 5.44. The van der Waals surface area contributed by atoms with Crippen LogP contribution in [0.25, 0.3) is 0 Å². The van der Waals surface area contributed by atoms with Gasteiger partial charge in [0.2, 0.25) is 0 Å². The van der Waals surface area contributed by atoms with E-state index in [2.05, 4.69) is 0 Å².